The summed E-state index contributed by atoms with van der Waals surface area (Å²) in [5, 5.41) is 4.86. The summed E-state index contributed by atoms with van der Waals surface area (Å²) < 4.78 is 6.85. The summed E-state index contributed by atoms with van der Waals surface area (Å²) in [5.74, 6) is 1.13. The first-order valence-electron chi connectivity index (χ1n) is 5.57. The van der Waals surface area contributed by atoms with Gasteiger partial charge in [0.2, 0.25) is 5.95 Å². The molecule has 3 aromatic rings. The van der Waals surface area contributed by atoms with Gasteiger partial charge in [0.25, 0.3) is 0 Å². The van der Waals surface area contributed by atoms with E-state index in [0.29, 0.717) is 28.1 Å². The molecule has 0 aliphatic rings. The van der Waals surface area contributed by atoms with Crippen LogP contribution in [0.15, 0.2) is 22.7 Å². The Bertz CT molecular complexity index is 763. The van der Waals surface area contributed by atoms with Gasteiger partial charge in [0.05, 0.1) is 27.6 Å². The van der Waals surface area contributed by atoms with E-state index in [1.807, 2.05) is 17.6 Å². The lowest BCUT2D eigenvalue weighted by atomic mass is 10.3. The molecule has 0 spiro atoms. The average Bonchev–Trinajstić information content (AvgIpc) is 2.87. The fourth-order valence-corrected chi connectivity index (χ4v) is 2.28. The highest BCUT2D eigenvalue weighted by atomic mass is 35.5. The summed E-state index contributed by atoms with van der Waals surface area (Å²) in [6.07, 6.45) is 0. The Labute approximate surface area is 118 Å². The maximum Gasteiger partial charge on any atom is 0.201 e. The Kier molecular flexibility index (Phi) is 2.88. The number of benzene rings is 1. The minimum atomic E-state index is 0.383. The van der Waals surface area contributed by atoms with Crippen LogP contribution in [0.1, 0.15) is 11.5 Å². The molecule has 0 unspecified atom stereocenters. The number of imidazole rings is 1. The number of halogens is 2. The van der Waals surface area contributed by atoms with Crippen LogP contribution in [-0.2, 0) is 6.54 Å². The molecular weight excluding hydrogens is 287 g/mol. The lowest BCUT2D eigenvalue weighted by molar-refractivity contribution is 0.389. The molecule has 0 atom stereocenters. The van der Waals surface area contributed by atoms with Gasteiger partial charge in [-0.3, -0.25) is 0 Å². The summed E-state index contributed by atoms with van der Waals surface area (Å²) >= 11 is 12.0. The molecule has 0 radical (unpaired) electrons. The Balaban J connectivity index is 2.12. The monoisotopic (exact) mass is 296 g/mol. The standard InChI is InChI=1S/C12H10Cl2N4O/c1-6-2-7(17-19-6)5-18-11-4-9(14)8(13)3-10(11)16-12(18)15/h2-4H,5H2,1H3,(H2,15,16). The zero-order valence-electron chi connectivity index (χ0n) is 10.0. The first-order valence-corrected chi connectivity index (χ1v) is 6.33. The molecule has 2 N–H and O–H groups in total. The molecule has 7 heteroatoms. The molecule has 19 heavy (non-hydrogen) atoms. The Hall–Kier alpha value is -1.72. The number of rotatable bonds is 2. The summed E-state index contributed by atoms with van der Waals surface area (Å²) in [4.78, 5) is 4.26. The molecule has 0 aliphatic carbocycles. The second-order valence-corrected chi connectivity index (χ2v) is 5.05. The third-order valence-corrected chi connectivity index (χ3v) is 3.54. The lowest BCUT2D eigenvalue weighted by Crippen LogP contribution is -2.04. The van der Waals surface area contributed by atoms with Gasteiger partial charge < -0.3 is 14.8 Å². The number of fused-ring (bicyclic) bond motifs is 1. The Morgan fingerprint density at radius 3 is 2.68 bits per heavy atom. The molecule has 0 bridgehead atoms. The van der Waals surface area contributed by atoms with Gasteiger partial charge in [0, 0.05) is 6.07 Å². The predicted octanol–water partition coefficient (Wildman–Crippen LogP) is 3.27. The second kappa shape index (κ2) is 4.43. The van der Waals surface area contributed by atoms with Crippen molar-refractivity contribution in [1.82, 2.24) is 14.7 Å². The third-order valence-electron chi connectivity index (χ3n) is 2.82. The topological polar surface area (TPSA) is 69.9 Å². The molecule has 0 fully saturated rings. The molecular formula is C12H10Cl2N4O. The van der Waals surface area contributed by atoms with E-state index in [-0.39, 0.29) is 0 Å². The van der Waals surface area contributed by atoms with Crippen LogP contribution in [-0.4, -0.2) is 14.7 Å². The fraction of sp³-hybridized carbons (Fsp3) is 0.167. The number of nitrogens with zero attached hydrogens (tertiary/aromatic N) is 3. The average molecular weight is 297 g/mol. The summed E-state index contributed by atoms with van der Waals surface area (Å²) in [6.45, 7) is 2.31. The number of aromatic nitrogens is 3. The van der Waals surface area contributed by atoms with E-state index >= 15 is 0 Å². The highest BCUT2D eigenvalue weighted by Gasteiger charge is 2.12. The molecule has 0 amide bonds. The molecule has 98 valence electrons. The maximum atomic E-state index is 6.03. The van der Waals surface area contributed by atoms with E-state index < -0.39 is 0 Å². The second-order valence-electron chi connectivity index (χ2n) is 4.24. The minimum absolute atomic E-state index is 0.383. The highest BCUT2D eigenvalue weighted by molar-refractivity contribution is 6.42. The van der Waals surface area contributed by atoms with Crippen molar-refractivity contribution in [3.05, 3.63) is 39.7 Å². The number of hydrogen-bond acceptors (Lipinski definition) is 4. The van der Waals surface area contributed by atoms with Crippen molar-refractivity contribution in [3.63, 3.8) is 0 Å². The maximum absolute atomic E-state index is 6.03. The van der Waals surface area contributed by atoms with Crippen LogP contribution in [0.3, 0.4) is 0 Å². The van der Waals surface area contributed by atoms with E-state index in [4.69, 9.17) is 33.5 Å². The SMILES string of the molecule is Cc1cc(Cn2c(N)nc3cc(Cl)c(Cl)cc32)no1. The quantitative estimate of drug-likeness (QED) is 0.788. The summed E-state index contributed by atoms with van der Waals surface area (Å²) in [6, 6.07) is 5.29. The Morgan fingerprint density at radius 1 is 1.26 bits per heavy atom. The molecule has 1 aromatic carbocycles. The summed E-state index contributed by atoms with van der Waals surface area (Å²) in [7, 11) is 0. The van der Waals surface area contributed by atoms with Crippen LogP contribution in [0, 0.1) is 6.92 Å². The van der Waals surface area contributed by atoms with Gasteiger partial charge in [-0.1, -0.05) is 28.4 Å². The highest BCUT2D eigenvalue weighted by Crippen LogP contribution is 2.29. The smallest absolute Gasteiger partial charge is 0.201 e. The van der Waals surface area contributed by atoms with Gasteiger partial charge in [-0.05, 0) is 19.1 Å². The van der Waals surface area contributed by atoms with Gasteiger partial charge in [-0.2, -0.15) is 0 Å². The van der Waals surface area contributed by atoms with Crippen molar-refractivity contribution in [2.75, 3.05) is 5.73 Å². The van der Waals surface area contributed by atoms with E-state index in [1.54, 1.807) is 12.1 Å². The van der Waals surface area contributed by atoms with Crippen molar-refractivity contribution in [1.29, 1.82) is 0 Å². The number of anilines is 1. The number of nitrogens with two attached hydrogens (primary N) is 1. The van der Waals surface area contributed by atoms with Crippen LogP contribution in [0.5, 0.6) is 0 Å². The van der Waals surface area contributed by atoms with Crippen molar-refractivity contribution in [2.24, 2.45) is 0 Å². The number of aryl methyl sites for hydroxylation is 1. The largest absolute Gasteiger partial charge is 0.369 e. The van der Waals surface area contributed by atoms with Crippen LogP contribution in [0.25, 0.3) is 11.0 Å². The number of nitrogen functional groups attached to an aromatic ring is 1. The van der Waals surface area contributed by atoms with Crippen LogP contribution in [0.2, 0.25) is 10.0 Å². The van der Waals surface area contributed by atoms with Crippen molar-refractivity contribution < 1.29 is 4.52 Å². The molecule has 0 saturated carbocycles. The van der Waals surface area contributed by atoms with Crippen molar-refractivity contribution in [2.45, 2.75) is 13.5 Å². The van der Waals surface area contributed by atoms with Crippen LogP contribution < -0.4 is 5.73 Å². The molecule has 3 rings (SSSR count). The molecule has 2 heterocycles. The first-order chi connectivity index (χ1) is 9.04. The van der Waals surface area contributed by atoms with Gasteiger partial charge in [0.1, 0.15) is 11.5 Å². The fourth-order valence-electron chi connectivity index (χ4n) is 1.96. The van der Waals surface area contributed by atoms with Gasteiger partial charge in [-0.25, -0.2) is 4.98 Å². The van der Waals surface area contributed by atoms with Crippen molar-refractivity contribution >= 4 is 40.2 Å². The zero-order valence-corrected chi connectivity index (χ0v) is 11.5. The number of hydrogen-bond donors (Lipinski definition) is 1. The molecule has 0 saturated heterocycles. The normalized spacial score (nSPS) is 11.3. The molecule has 2 aromatic heterocycles. The van der Waals surface area contributed by atoms with Gasteiger partial charge >= 0.3 is 0 Å². The van der Waals surface area contributed by atoms with E-state index in [1.165, 1.54) is 0 Å². The van der Waals surface area contributed by atoms with E-state index in [9.17, 15) is 0 Å². The third kappa shape index (κ3) is 2.15. The lowest BCUT2D eigenvalue weighted by Gasteiger charge is -2.04. The zero-order chi connectivity index (χ0) is 13.6. The first kappa shape index (κ1) is 12.3. The van der Waals surface area contributed by atoms with E-state index in [2.05, 4.69) is 10.1 Å². The Morgan fingerprint density at radius 2 is 2.00 bits per heavy atom. The van der Waals surface area contributed by atoms with Crippen LogP contribution >= 0.6 is 23.2 Å². The summed E-state index contributed by atoms with van der Waals surface area (Å²) in [5.41, 5.74) is 8.20. The van der Waals surface area contributed by atoms with E-state index in [0.717, 1.165) is 17.0 Å². The van der Waals surface area contributed by atoms with Gasteiger partial charge in [-0.15, -0.1) is 0 Å². The van der Waals surface area contributed by atoms with Crippen molar-refractivity contribution in [3.8, 4) is 0 Å². The molecule has 0 aliphatic heterocycles. The van der Waals surface area contributed by atoms with Crippen LogP contribution in [0.4, 0.5) is 5.95 Å². The molecule has 5 nitrogen and oxygen atoms in total. The van der Waals surface area contributed by atoms with Gasteiger partial charge in [0.15, 0.2) is 0 Å². The predicted molar refractivity (Wildman–Crippen MR) is 74.5 cm³/mol. The minimum Gasteiger partial charge on any atom is -0.369 e.